The third-order valence-corrected chi connectivity index (χ3v) is 3.72. The van der Waals surface area contributed by atoms with Gasteiger partial charge in [0, 0.05) is 33.4 Å². The summed E-state index contributed by atoms with van der Waals surface area (Å²) in [4.78, 5) is 2.26. The number of rotatable bonds is 10. The lowest BCUT2D eigenvalue weighted by molar-refractivity contribution is -0.0569. The molecule has 0 aliphatic carbocycles. The molecule has 0 spiro atoms. The van der Waals surface area contributed by atoms with E-state index in [1.54, 1.807) is 18.4 Å². The van der Waals surface area contributed by atoms with Crippen LogP contribution < -0.4 is 0 Å². The van der Waals surface area contributed by atoms with Crippen LogP contribution in [-0.2, 0) is 16.0 Å². The van der Waals surface area contributed by atoms with Gasteiger partial charge in [-0.05, 0) is 49.6 Å². The van der Waals surface area contributed by atoms with Crippen LogP contribution in [0.3, 0.4) is 0 Å². The average Bonchev–Trinajstić information content (AvgIpc) is 2.88. The van der Waals surface area contributed by atoms with Crippen molar-refractivity contribution in [3.63, 3.8) is 0 Å². The zero-order chi connectivity index (χ0) is 15.7. The van der Waals surface area contributed by atoms with Gasteiger partial charge < -0.3 is 14.6 Å². The van der Waals surface area contributed by atoms with E-state index >= 15 is 0 Å². The van der Waals surface area contributed by atoms with Gasteiger partial charge in [-0.3, -0.25) is 4.90 Å². The van der Waals surface area contributed by atoms with Crippen molar-refractivity contribution in [2.45, 2.75) is 45.4 Å². The minimum absolute atomic E-state index is 0.213. The Morgan fingerprint density at radius 2 is 2.14 bits per heavy atom. The molecule has 1 aromatic rings. The summed E-state index contributed by atoms with van der Waals surface area (Å²) in [6.45, 7) is 9.51. The highest BCUT2D eigenvalue weighted by Gasteiger charge is 2.16. The van der Waals surface area contributed by atoms with Crippen LogP contribution in [0.15, 0.2) is 16.8 Å². The van der Waals surface area contributed by atoms with Gasteiger partial charge in [-0.25, -0.2) is 0 Å². The normalized spacial score (nSPS) is 13.8. The Labute approximate surface area is 132 Å². The van der Waals surface area contributed by atoms with Crippen molar-refractivity contribution < 1.29 is 14.6 Å². The van der Waals surface area contributed by atoms with Crippen LogP contribution in [0, 0.1) is 0 Å². The molecule has 1 N–H and O–H groups in total. The zero-order valence-corrected chi connectivity index (χ0v) is 14.5. The van der Waals surface area contributed by atoms with Crippen molar-refractivity contribution >= 4 is 11.3 Å². The molecule has 1 atom stereocenters. The van der Waals surface area contributed by atoms with Gasteiger partial charge in [0.25, 0.3) is 0 Å². The van der Waals surface area contributed by atoms with E-state index in [0.717, 1.165) is 26.1 Å². The first-order chi connectivity index (χ1) is 9.90. The van der Waals surface area contributed by atoms with Crippen molar-refractivity contribution in [2.24, 2.45) is 0 Å². The van der Waals surface area contributed by atoms with E-state index in [-0.39, 0.29) is 5.60 Å². The van der Waals surface area contributed by atoms with Gasteiger partial charge in [0.1, 0.15) is 0 Å². The number of nitrogens with zero attached hydrogens (tertiary/aromatic N) is 1. The molecule has 1 heterocycles. The largest absolute Gasteiger partial charge is 0.389 e. The minimum atomic E-state index is -0.467. The van der Waals surface area contributed by atoms with E-state index in [4.69, 9.17) is 9.47 Å². The summed E-state index contributed by atoms with van der Waals surface area (Å²) in [6, 6.07) is 2.13. The summed E-state index contributed by atoms with van der Waals surface area (Å²) in [7, 11) is 1.72. The van der Waals surface area contributed by atoms with Crippen molar-refractivity contribution in [1.82, 2.24) is 4.90 Å². The predicted octanol–water partition coefficient (Wildman–Crippen LogP) is 2.76. The molecule has 1 unspecified atom stereocenters. The van der Waals surface area contributed by atoms with Crippen LogP contribution in [0.25, 0.3) is 0 Å². The monoisotopic (exact) mass is 315 g/mol. The van der Waals surface area contributed by atoms with E-state index in [1.165, 1.54) is 5.56 Å². The highest BCUT2D eigenvalue weighted by atomic mass is 32.1. The van der Waals surface area contributed by atoms with E-state index in [1.807, 2.05) is 20.8 Å². The van der Waals surface area contributed by atoms with Gasteiger partial charge in [0.15, 0.2) is 0 Å². The first-order valence-electron chi connectivity index (χ1n) is 7.45. The maximum Gasteiger partial charge on any atom is 0.0900 e. The molecule has 0 aliphatic rings. The molecule has 0 saturated carbocycles. The topological polar surface area (TPSA) is 41.9 Å². The summed E-state index contributed by atoms with van der Waals surface area (Å²) < 4.78 is 10.8. The van der Waals surface area contributed by atoms with Crippen molar-refractivity contribution in [1.29, 1.82) is 0 Å². The summed E-state index contributed by atoms with van der Waals surface area (Å²) in [6.07, 6.45) is 0.499. The molecule has 0 bridgehead atoms. The Balaban J connectivity index is 2.43. The predicted molar refractivity (Wildman–Crippen MR) is 87.8 cm³/mol. The third kappa shape index (κ3) is 9.22. The lowest BCUT2D eigenvalue weighted by atomic mass is 10.2. The molecule has 1 rings (SSSR count). The molecule has 122 valence electrons. The van der Waals surface area contributed by atoms with E-state index in [2.05, 4.69) is 21.7 Å². The number of hydrogen-bond donors (Lipinski definition) is 1. The summed E-state index contributed by atoms with van der Waals surface area (Å²) in [5.41, 5.74) is 1.08. The van der Waals surface area contributed by atoms with Crippen LogP contribution in [0.1, 0.15) is 32.8 Å². The molecule has 4 nitrogen and oxygen atoms in total. The third-order valence-electron chi connectivity index (χ3n) is 2.99. The quantitative estimate of drug-likeness (QED) is 0.674. The molecular formula is C16H29NO3S. The fourth-order valence-corrected chi connectivity index (χ4v) is 2.66. The molecular weight excluding hydrogens is 286 g/mol. The lowest BCUT2D eigenvalue weighted by Crippen LogP contribution is -2.37. The molecule has 0 saturated heterocycles. The second-order valence-electron chi connectivity index (χ2n) is 6.29. The van der Waals surface area contributed by atoms with Crippen molar-refractivity contribution in [3.05, 3.63) is 22.4 Å². The van der Waals surface area contributed by atoms with Crippen molar-refractivity contribution in [2.75, 3.05) is 33.4 Å². The first kappa shape index (κ1) is 18.6. The van der Waals surface area contributed by atoms with Gasteiger partial charge in [0.05, 0.1) is 18.3 Å². The minimum Gasteiger partial charge on any atom is -0.389 e. The number of ether oxygens (including phenoxy) is 2. The van der Waals surface area contributed by atoms with E-state index in [0.29, 0.717) is 13.2 Å². The van der Waals surface area contributed by atoms with Crippen LogP contribution in [0.4, 0.5) is 0 Å². The fourth-order valence-electron chi connectivity index (χ4n) is 2.01. The van der Waals surface area contributed by atoms with E-state index < -0.39 is 6.10 Å². The molecule has 0 amide bonds. The van der Waals surface area contributed by atoms with Gasteiger partial charge in [0.2, 0.25) is 0 Å². The Morgan fingerprint density at radius 1 is 1.38 bits per heavy atom. The SMILES string of the molecule is COCCCN(Cc1ccsc1)CC(O)COC(C)(C)C. The fraction of sp³-hybridized carbons (Fsp3) is 0.750. The number of aliphatic hydroxyl groups is 1. The number of hydrogen-bond acceptors (Lipinski definition) is 5. The highest BCUT2D eigenvalue weighted by Crippen LogP contribution is 2.12. The Morgan fingerprint density at radius 3 is 2.71 bits per heavy atom. The highest BCUT2D eigenvalue weighted by molar-refractivity contribution is 7.07. The summed E-state index contributed by atoms with van der Waals surface area (Å²) >= 11 is 1.70. The first-order valence-corrected chi connectivity index (χ1v) is 8.39. The zero-order valence-electron chi connectivity index (χ0n) is 13.7. The molecule has 0 radical (unpaired) electrons. The van der Waals surface area contributed by atoms with Gasteiger partial charge in [-0.2, -0.15) is 11.3 Å². The number of aliphatic hydroxyl groups excluding tert-OH is 1. The molecule has 21 heavy (non-hydrogen) atoms. The summed E-state index contributed by atoms with van der Waals surface area (Å²) in [5.74, 6) is 0. The number of methoxy groups -OCH3 is 1. The van der Waals surface area contributed by atoms with Crippen molar-refractivity contribution in [3.8, 4) is 0 Å². The van der Waals surface area contributed by atoms with Crippen LogP contribution in [0.2, 0.25) is 0 Å². The maximum absolute atomic E-state index is 10.2. The maximum atomic E-state index is 10.2. The van der Waals surface area contributed by atoms with Crippen LogP contribution >= 0.6 is 11.3 Å². The molecule has 0 aliphatic heterocycles. The number of thiophene rings is 1. The molecule has 0 aromatic carbocycles. The molecule has 0 fully saturated rings. The van der Waals surface area contributed by atoms with Crippen LogP contribution in [0.5, 0.6) is 0 Å². The average molecular weight is 315 g/mol. The van der Waals surface area contributed by atoms with Gasteiger partial charge in [-0.1, -0.05) is 0 Å². The Hall–Kier alpha value is -0.460. The lowest BCUT2D eigenvalue weighted by Gasteiger charge is -2.27. The van der Waals surface area contributed by atoms with Gasteiger partial charge >= 0.3 is 0 Å². The molecule has 1 aromatic heterocycles. The standard InChI is InChI=1S/C16H29NO3S/c1-16(2,3)20-12-15(18)11-17(7-5-8-19-4)10-14-6-9-21-13-14/h6,9,13,15,18H,5,7-8,10-12H2,1-4H3. The second-order valence-corrected chi connectivity index (χ2v) is 7.07. The Kier molecular flexibility index (Phi) is 8.44. The van der Waals surface area contributed by atoms with E-state index in [9.17, 15) is 5.11 Å². The summed E-state index contributed by atoms with van der Waals surface area (Å²) in [5, 5.41) is 14.4. The van der Waals surface area contributed by atoms with Crippen LogP contribution in [-0.4, -0.2) is 55.1 Å². The smallest absolute Gasteiger partial charge is 0.0900 e. The van der Waals surface area contributed by atoms with Gasteiger partial charge in [-0.15, -0.1) is 0 Å². The molecule has 5 heteroatoms. The second kappa shape index (κ2) is 9.54. The Bertz CT molecular complexity index is 362.